The van der Waals surface area contributed by atoms with E-state index in [1.54, 1.807) is 0 Å². The van der Waals surface area contributed by atoms with Crippen LogP contribution < -0.4 is 5.73 Å². The van der Waals surface area contributed by atoms with Gasteiger partial charge in [-0.1, -0.05) is 17.7 Å². The van der Waals surface area contributed by atoms with Crippen LogP contribution in [-0.2, 0) is 4.79 Å². The van der Waals surface area contributed by atoms with E-state index in [0.717, 1.165) is 0 Å². The van der Waals surface area contributed by atoms with Crippen molar-refractivity contribution in [2.24, 2.45) is 5.73 Å². The summed E-state index contributed by atoms with van der Waals surface area (Å²) in [6, 6.07) is 2.81. The molecular weight excluding hydrogens is 194 g/mol. The fourth-order valence-corrected chi connectivity index (χ4v) is 1.19. The summed E-state index contributed by atoms with van der Waals surface area (Å²) in [5.41, 5.74) is 5.61. The molecule has 0 saturated carbocycles. The zero-order valence-corrected chi connectivity index (χ0v) is 7.32. The summed E-state index contributed by atoms with van der Waals surface area (Å²) < 4.78 is 0. The maximum absolute atomic E-state index is 10.5. The van der Waals surface area contributed by atoms with Crippen LogP contribution in [0.5, 0.6) is 5.75 Å². The van der Waals surface area contributed by atoms with Gasteiger partial charge in [0.15, 0.2) is 0 Å². The number of benzene rings is 1. The number of aliphatic carboxylic acids is 1. The third-order valence-corrected chi connectivity index (χ3v) is 1.91. The van der Waals surface area contributed by atoms with Crippen LogP contribution >= 0.6 is 11.6 Å². The Morgan fingerprint density at radius 3 is 2.62 bits per heavy atom. The smallest absolute Gasteiger partial charge is 0.325 e. The topological polar surface area (TPSA) is 83.6 Å². The van der Waals surface area contributed by atoms with Crippen LogP contribution in [0.25, 0.3) is 0 Å². The fourth-order valence-electron chi connectivity index (χ4n) is 0.901. The predicted molar refractivity (Wildman–Crippen MR) is 47.7 cm³/mol. The van der Waals surface area contributed by atoms with Gasteiger partial charge in [-0.15, -0.1) is 0 Å². The molecule has 0 radical (unpaired) electrons. The minimum atomic E-state index is -1.16. The van der Waals surface area contributed by atoms with Crippen molar-refractivity contribution in [1.29, 1.82) is 0 Å². The maximum atomic E-state index is 10.5. The van der Waals surface area contributed by atoms with Crippen molar-refractivity contribution >= 4 is 17.6 Å². The number of hydrogen-bond acceptors (Lipinski definition) is 3. The number of carboxylic acid groups (broad SMARTS) is 1. The van der Waals surface area contributed by atoms with E-state index in [1.165, 1.54) is 18.2 Å². The molecule has 0 aromatic heterocycles. The number of nitrogens with two attached hydrogens (primary N) is 1. The van der Waals surface area contributed by atoms with Crippen LogP contribution in [0.1, 0.15) is 11.6 Å². The van der Waals surface area contributed by atoms with Crippen LogP contribution in [0.2, 0.25) is 5.02 Å². The van der Waals surface area contributed by atoms with E-state index in [0.29, 0.717) is 0 Å². The first-order chi connectivity index (χ1) is 6.02. The Bertz CT molecular complexity index is 340. The van der Waals surface area contributed by atoms with E-state index in [1.807, 2.05) is 0 Å². The number of carbonyl (C=O) groups is 1. The van der Waals surface area contributed by atoms with E-state index in [4.69, 9.17) is 27.5 Å². The normalized spacial score (nSPS) is 12.5. The van der Waals surface area contributed by atoms with Gasteiger partial charge in [0.2, 0.25) is 0 Å². The zero-order chi connectivity index (χ0) is 10.0. The lowest BCUT2D eigenvalue weighted by Gasteiger charge is -2.08. The van der Waals surface area contributed by atoms with Crippen molar-refractivity contribution in [3.8, 4) is 5.75 Å². The molecule has 0 bridgehead atoms. The van der Waals surface area contributed by atoms with E-state index >= 15 is 0 Å². The van der Waals surface area contributed by atoms with Crippen molar-refractivity contribution < 1.29 is 15.0 Å². The largest absolute Gasteiger partial charge is 0.508 e. The highest BCUT2D eigenvalue weighted by molar-refractivity contribution is 6.31. The molecule has 0 heterocycles. The molecule has 1 unspecified atom stereocenters. The summed E-state index contributed by atoms with van der Waals surface area (Å²) in [5, 5.41) is 17.7. The first-order valence-electron chi connectivity index (χ1n) is 3.49. The number of aromatic hydroxyl groups is 1. The van der Waals surface area contributed by atoms with Gasteiger partial charge < -0.3 is 15.9 Å². The second-order valence-electron chi connectivity index (χ2n) is 2.52. The molecule has 5 heteroatoms. The van der Waals surface area contributed by atoms with Gasteiger partial charge in [0.05, 0.1) is 0 Å². The van der Waals surface area contributed by atoms with Crippen LogP contribution in [-0.4, -0.2) is 16.2 Å². The Morgan fingerprint density at radius 2 is 2.15 bits per heavy atom. The van der Waals surface area contributed by atoms with Crippen LogP contribution in [0.3, 0.4) is 0 Å². The number of phenolic OH excluding ortho intramolecular Hbond substituents is 1. The monoisotopic (exact) mass is 201 g/mol. The molecule has 0 fully saturated rings. The average Bonchev–Trinajstić information content (AvgIpc) is 2.03. The second-order valence-corrected chi connectivity index (χ2v) is 2.93. The van der Waals surface area contributed by atoms with Gasteiger partial charge in [0.1, 0.15) is 11.8 Å². The molecular formula is C8H8ClNO3. The third kappa shape index (κ3) is 2.11. The minimum Gasteiger partial charge on any atom is -0.508 e. The summed E-state index contributed by atoms with van der Waals surface area (Å²) in [7, 11) is 0. The Kier molecular flexibility index (Phi) is 2.75. The van der Waals surface area contributed by atoms with Gasteiger partial charge in [-0.2, -0.15) is 0 Å². The fraction of sp³-hybridized carbons (Fsp3) is 0.125. The van der Waals surface area contributed by atoms with E-state index < -0.39 is 12.0 Å². The lowest BCUT2D eigenvalue weighted by Crippen LogP contribution is -2.20. The number of halogens is 1. The number of carboxylic acids is 1. The third-order valence-electron chi connectivity index (χ3n) is 1.59. The molecule has 0 aliphatic carbocycles. The van der Waals surface area contributed by atoms with Crippen LogP contribution in [0, 0.1) is 0 Å². The second kappa shape index (κ2) is 3.64. The molecule has 1 aromatic rings. The molecule has 0 aliphatic rings. The van der Waals surface area contributed by atoms with E-state index in [9.17, 15) is 4.79 Å². The quantitative estimate of drug-likeness (QED) is 0.670. The maximum Gasteiger partial charge on any atom is 0.325 e. The molecule has 0 saturated heterocycles. The molecule has 1 rings (SSSR count). The Hall–Kier alpha value is -1.26. The Labute approximate surface area is 79.6 Å². The van der Waals surface area contributed by atoms with Gasteiger partial charge in [0.25, 0.3) is 0 Å². The predicted octanol–water partition coefficient (Wildman–Crippen LogP) is 1.13. The SMILES string of the molecule is NC(C(=O)O)c1ccc(O)cc1Cl. The number of rotatable bonds is 2. The van der Waals surface area contributed by atoms with Crippen molar-refractivity contribution in [2.45, 2.75) is 6.04 Å². The summed E-state index contributed by atoms with van der Waals surface area (Å²) in [5.74, 6) is -1.18. The molecule has 0 aliphatic heterocycles. The van der Waals surface area contributed by atoms with Crippen molar-refractivity contribution in [2.75, 3.05) is 0 Å². The Balaban J connectivity index is 3.08. The molecule has 13 heavy (non-hydrogen) atoms. The summed E-state index contributed by atoms with van der Waals surface area (Å²) >= 11 is 5.67. The molecule has 0 amide bonds. The van der Waals surface area contributed by atoms with Crippen molar-refractivity contribution in [1.82, 2.24) is 0 Å². The summed E-state index contributed by atoms with van der Waals surface area (Å²) in [6.45, 7) is 0. The summed E-state index contributed by atoms with van der Waals surface area (Å²) in [6.07, 6.45) is 0. The molecule has 70 valence electrons. The zero-order valence-electron chi connectivity index (χ0n) is 6.57. The van der Waals surface area contributed by atoms with Crippen LogP contribution in [0.15, 0.2) is 18.2 Å². The van der Waals surface area contributed by atoms with E-state index in [2.05, 4.69) is 0 Å². The minimum absolute atomic E-state index is 0.0219. The highest BCUT2D eigenvalue weighted by Crippen LogP contribution is 2.25. The first-order valence-corrected chi connectivity index (χ1v) is 3.87. The number of hydrogen-bond donors (Lipinski definition) is 3. The molecule has 0 spiro atoms. The van der Waals surface area contributed by atoms with Crippen molar-refractivity contribution in [3.63, 3.8) is 0 Å². The highest BCUT2D eigenvalue weighted by atomic mass is 35.5. The average molecular weight is 202 g/mol. The van der Waals surface area contributed by atoms with E-state index in [-0.39, 0.29) is 16.3 Å². The highest BCUT2D eigenvalue weighted by Gasteiger charge is 2.17. The molecule has 4 N–H and O–H groups in total. The van der Waals surface area contributed by atoms with Gasteiger partial charge in [-0.3, -0.25) is 4.79 Å². The first kappa shape index (κ1) is 9.83. The van der Waals surface area contributed by atoms with Gasteiger partial charge in [-0.05, 0) is 17.7 Å². The molecule has 1 atom stereocenters. The summed E-state index contributed by atoms with van der Waals surface area (Å²) in [4.78, 5) is 10.5. The van der Waals surface area contributed by atoms with Gasteiger partial charge in [-0.25, -0.2) is 0 Å². The molecule has 1 aromatic carbocycles. The van der Waals surface area contributed by atoms with Gasteiger partial charge >= 0.3 is 5.97 Å². The van der Waals surface area contributed by atoms with Crippen molar-refractivity contribution in [3.05, 3.63) is 28.8 Å². The standard InChI is InChI=1S/C8H8ClNO3/c9-6-3-4(11)1-2-5(6)7(10)8(12)13/h1-3,7,11H,10H2,(H,12,13). The number of phenols is 1. The van der Waals surface area contributed by atoms with Crippen LogP contribution in [0.4, 0.5) is 0 Å². The lowest BCUT2D eigenvalue weighted by atomic mass is 10.1. The molecule has 4 nitrogen and oxygen atoms in total. The lowest BCUT2D eigenvalue weighted by molar-refractivity contribution is -0.138. The Morgan fingerprint density at radius 1 is 1.54 bits per heavy atom. The van der Waals surface area contributed by atoms with Gasteiger partial charge in [0, 0.05) is 5.02 Å².